The fourth-order valence-corrected chi connectivity index (χ4v) is 3.18. The Hall–Kier alpha value is -0.580. The summed E-state index contributed by atoms with van der Waals surface area (Å²) in [7, 11) is 0. The molecule has 21 heavy (non-hydrogen) atoms. The van der Waals surface area contributed by atoms with Crippen molar-refractivity contribution in [3.05, 3.63) is 16.4 Å². The average molecular weight is 314 g/mol. The molecular formula is C16H28ClN3O. The predicted octanol–water partition coefficient (Wildman–Crippen LogP) is 3.69. The number of nitrogens with zero attached hydrogens (tertiary/aromatic N) is 2. The lowest BCUT2D eigenvalue weighted by Crippen LogP contribution is -2.35. The number of aryl methyl sites for hydroxylation is 2. The first kappa shape index (κ1) is 16.8. The highest BCUT2D eigenvalue weighted by atomic mass is 35.5. The first-order chi connectivity index (χ1) is 10.2. The quantitative estimate of drug-likeness (QED) is 0.834. The van der Waals surface area contributed by atoms with Crippen molar-refractivity contribution in [3.8, 4) is 0 Å². The third-order valence-electron chi connectivity index (χ3n) is 4.27. The Morgan fingerprint density at radius 3 is 2.62 bits per heavy atom. The zero-order chi connectivity index (χ0) is 15.2. The van der Waals surface area contributed by atoms with Crippen molar-refractivity contribution in [2.75, 3.05) is 6.54 Å². The van der Waals surface area contributed by atoms with Crippen LogP contribution in [0, 0.1) is 6.92 Å². The van der Waals surface area contributed by atoms with Crippen molar-refractivity contribution in [1.29, 1.82) is 0 Å². The van der Waals surface area contributed by atoms with E-state index in [4.69, 9.17) is 16.3 Å². The third kappa shape index (κ3) is 4.44. The van der Waals surface area contributed by atoms with E-state index in [0.717, 1.165) is 42.3 Å². The number of nitrogens with one attached hydrogen (secondary N) is 1. The molecule has 1 N–H and O–H groups in total. The van der Waals surface area contributed by atoms with E-state index >= 15 is 0 Å². The molecule has 1 saturated carbocycles. The van der Waals surface area contributed by atoms with Gasteiger partial charge in [0.25, 0.3) is 0 Å². The fraction of sp³-hybridized carbons (Fsp3) is 0.812. The lowest BCUT2D eigenvalue weighted by Gasteiger charge is -2.29. The molecule has 0 amide bonds. The van der Waals surface area contributed by atoms with Gasteiger partial charge in [0.1, 0.15) is 0 Å². The summed E-state index contributed by atoms with van der Waals surface area (Å²) < 4.78 is 8.04. The van der Waals surface area contributed by atoms with Crippen molar-refractivity contribution >= 4 is 11.6 Å². The molecule has 1 fully saturated rings. The average Bonchev–Trinajstić information content (AvgIpc) is 2.79. The van der Waals surface area contributed by atoms with E-state index in [-0.39, 0.29) is 0 Å². The predicted molar refractivity (Wildman–Crippen MR) is 86.8 cm³/mol. The van der Waals surface area contributed by atoms with Crippen molar-refractivity contribution in [2.45, 2.75) is 78.2 Å². The maximum atomic E-state index is 6.32. The molecule has 0 radical (unpaired) electrons. The van der Waals surface area contributed by atoms with Gasteiger partial charge >= 0.3 is 0 Å². The van der Waals surface area contributed by atoms with Crippen LogP contribution in [0.5, 0.6) is 0 Å². The molecule has 120 valence electrons. The summed E-state index contributed by atoms with van der Waals surface area (Å²) >= 11 is 6.32. The number of aromatic nitrogens is 2. The minimum Gasteiger partial charge on any atom is -0.372 e. The van der Waals surface area contributed by atoms with Gasteiger partial charge in [0.15, 0.2) is 0 Å². The van der Waals surface area contributed by atoms with Gasteiger partial charge in [-0.3, -0.25) is 4.68 Å². The molecule has 4 nitrogen and oxygen atoms in total. The molecule has 0 unspecified atom stereocenters. The van der Waals surface area contributed by atoms with Gasteiger partial charge in [0, 0.05) is 12.6 Å². The Balaban J connectivity index is 1.80. The van der Waals surface area contributed by atoms with Gasteiger partial charge in [-0.05, 0) is 52.5 Å². The number of hydrogen-bond donors (Lipinski definition) is 1. The second-order valence-electron chi connectivity index (χ2n) is 5.90. The van der Waals surface area contributed by atoms with Crippen LogP contribution in [0.3, 0.4) is 0 Å². The monoisotopic (exact) mass is 313 g/mol. The Kier molecular flexibility index (Phi) is 6.52. The highest BCUT2D eigenvalue weighted by Gasteiger charge is 2.22. The van der Waals surface area contributed by atoms with Gasteiger partial charge in [-0.25, -0.2) is 0 Å². The van der Waals surface area contributed by atoms with E-state index in [9.17, 15) is 0 Å². The van der Waals surface area contributed by atoms with Gasteiger partial charge < -0.3 is 10.1 Å². The van der Waals surface area contributed by atoms with Crippen molar-refractivity contribution in [1.82, 2.24) is 15.1 Å². The molecule has 0 atom stereocenters. The molecule has 1 aliphatic rings. The highest BCUT2D eigenvalue weighted by molar-refractivity contribution is 6.31. The topological polar surface area (TPSA) is 39.1 Å². The van der Waals surface area contributed by atoms with Gasteiger partial charge in [-0.15, -0.1) is 0 Å². The van der Waals surface area contributed by atoms with Crippen LogP contribution in [-0.4, -0.2) is 28.5 Å². The van der Waals surface area contributed by atoms with E-state index in [1.54, 1.807) is 0 Å². The van der Waals surface area contributed by atoms with Gasteiger partial charge in [-0.2, -0.15) is 5.10 Å². The molecule has 5 heteroatoms. The molecule has 0 bridgehead atoms. The van der Waals surface area contributed by atoms with Crippen molar-refractivity contribution in [2.24, 2.45) is 0 Å². The zero-order valence-electron chi connectivity index (χ0n) is 13.5. The molecule has 2 rings (SSSR count). The van der Waals surface area contributed by atoms with Crippen LogP contribution in [0.25, 0.3) is 0 Å². The molecule has 1 aromatic heterocycles. The molecule has 0 aromatic carbocycles. The van der Waals surface area contributed by atoms with Crippen LogP contribution in [0.4, 0.5) is 0 Å². The Labute approximate surface area is 133 Å². The summed E-state index contributed by atoms with van der Waals surface area (Å²) in [6, 6.07) is 0.678. The number of hydrogen-bond acceptors (Lipinski definition) is 3. The van der Waals surface area contributed by atoms with E-state index in [1.165, 1.54) is 19.3 Å². The lowest BCUT2D eigenvalue weighted by atomic mass is 9.93. The lowest BCUT2D eigenvalue weighted by molar-refractivity contribution is 0.00829. The van der Waals surface area contributed by atoms with Crippen molar-refractivity contribution < 1.29 is 4.74 Å². The molecule has 1 aromatic rings. The molecule has 1 aliphatic carbocycles. The first-order valence-electron chi connectivity index (χ1n) is 8.22. The number of rotatable bonds is 7. The normalized spacial score (nSPS) is 22.7. The summed E-state index contributed by atoms with van der Waals surface area (Å²) in [4.78, 5) is 0. The van der Waals surface area contributed by atoms with Crippen LogP contribution in [-0.2, 0) is 17.9 Å². The van der Waals surface area contributed by atoms with Crippen LogP contribution < -0.4 is 5.32 Å². The third-order valence-corrected chi connectivity index (χ3v) is 4.76. The molecule has 0 saturated heterocycles. The van der Waals surface area contributed by atoms with Crippen LogP contribution in [0.15, 0.2) is 0 Å². The summed E-state index contributed by atoms with van der Waals surface area (Å²) in [6.07, 6.45) is 6.27. The molecular weight excluding hydrogens is 286 g/mol. The SMILES string of the molecule is CCCNC1CCC(OCc2c(Cl)c(C)nn2CC)CC1. The van der Waals surface area contributed by atoms with Crippen LogP contribution >= 0.6 is 11.6 Å². The van der Waals surface area contributed by atoms with E-state index < -0.39 is 0 Å². The van der Waals surface area contributed by atoms with E-state index in [1.807, 2.05) is 11.6 Å². The summed E-state index contributed by atoms with van der Waals surface area (Å²) in [5.41, 5.74) is 1.91. The van der Waals surface area contributed by atoms with Gasteiger partial charge in [-0.1, -0.05) is 18.5 Å². The van der Waals surface area contributed by atoms with Crippen LogP contribution in [0.1, 0.15) is 57.3 Å². The summed E-state index contributed by atoms with van der Waals surface area (Å²) in [6.45, 7) is 8.77. The number of ether oxygens (including phenoxy) is 1. The Morgan fingerprint density at radius 2 is 2.00 bits per heavy atom. The number of halogens is 1. The summed E-state index contributed by atoms with van der Waals surface area (Å²) in [5.74, 6) is 0. The fourth-order valence-electron chi connectivity index (χ4n) is 2.99. The maximum absolute atomic E-state index is 6.32. The van der Waals surface area contributed by atoms with Gasteiger partial charge in [0.2, 0.25) is 0 Å². The Morgan fingerprint density at radius 1 is 1.29 bits per heavy atom. The second-order valence-corrected chi connectivity index (χ2v) is 6.28. The van der Waals surface area contributed by atoms with Crippen molar-refractivity contribution in [3.63, 3.8) is 0 Å². The Bertz CT molecular complexity index is 439. The maximum Gasteiger partial charge on any atom is 0.0903 e. The molecule has 0 spiro atoms. The van der Waals surface area contributed by atoms with E-state index in [2.05, 4.69) is 24.3 Å². The molecule has 1 heterocycles. The van der Waals surface area contributed by atoms with E-state index in [0.29, 0.717) is 18.8 Å². The largest absolute Gasteiger partial charge is 0.372 e. The minimum absolute atomic E-state index is 0.362. The minimum atomic E-state index is 0.362. The second kappa shape index (κ2) is 8.16. The highest BCUT2D eigenvalue weighted by Crippen LogP contribution is 2.25. The van der Waals surface area contributed by atoms with Crippen LogP contribution in [0.2, 0.25) is 5.02 Å². The zero-order valence-corrected chi connectivity index (χ0v) is 14.2. The first-order valence-corrected chi connectivity index (χ1v) is 8.60. The van der Waals surface area contributed by atoms with Gasteiger partial charge in [0.05, 0.1) is 29.1 Å². The standard InChI is InChI=1S/C16H28ClN3O/c1-4-10-18-13-6-8-14(9-7-13)21-11-15-16(17)12(3)19-20(15)5-2/h13-14,18H,4-11H2,1-3H3. The summed E-state index contributed by atoms with van der Waals surface area (Å²) in [5, 5.41) is 8.80. The smallest absolute Gasteiger partial charge is 0.0903 e. The molecule has 0 aliphatic heterocycles.